The molecule has 1 N–H and O–H groups in total. The molecule has 0 bridgehead atoms. The second-order valence-electron chi connectivity index (χ2n) is 8.72. The highest BCUT2D eigenvalue weighted by Crippen LogP contribution is 2.31. The molecule has 0 saturated carbocycles. The molecule has 0 radical (unpaired) electrons. The van der Waals surface area contributed by atoms with Crippen LogP contribution in [-0.2, 0) is 26.2 Å². The lowest BCUT2D eigenvalue weighted by molar-refractivity contribution is -0.139. The van der Waals surface area contributed by atoms with Crippen LogP contribution in [0.2, 0.25) is 5.02 Å². The van der Waals surface area contributed by atoms with Gasteiger partial charge in [-0.2, -0.15) is 0 Å². The SMILES string of the molecule is CCNC(=O)C(C)N(Cc1cccc(OC)c1)C(=O)CN(c1ccccc1Cl)S(=O)(=O)c1ccc(C)cc1. The minimum absolute atomic E-state index is 0.0203. The fourth-order valence-electron chi connectivity index (χ4n) is 3.88. The summed E-state index contributed by atoms with van der Waals surface area (Å²) in [7, 11) is -2.64. The normalized spacial score (nSPS) is 11.9. The Morgan fingerprint density at radius 2 is 1.71 bits per heavy atom. The van der Waals surface area contributed by atoms with Crippen LogP contribution in [0.3, 0.4) is 0 Å². The van der Waals surface area contributed by atoms with Gasteiger partial charge in [-0.25, -0.2) is 8.42 Å². The maximum Gasteiger partial charge on any atom is 0.264 e. The molecule has 8 nitrogen and oxygen atoms in total. The van der Waals surface area contributed by atoms with Crippen molar-refractivity contribution in [2.24, 2.45) is 0 Å². The third-order valence-electron chi connectivity index (χ3n) is 6.01. The summed E-state index contributed by atoms with van der Waals surface area (Å²) in [5.41, 5.74) is 1.78. The lowest BCUT2D eigenvalue weighted by Gasteiger charge is -2.32. The van der Waals surface area contributed by atoms with E-state index in [9.17, 15) is 18.0 Å². The first-order valence-corrected chi connectivity index (χ1v) is 13.9. The first kappa shape index (κ1) is 29.0. The Labute approximate surface area is 229 Å². The van der Waals surface area contributed by atoms with E-state index in [0.717, 1.165) is 15.4 Å². The molecule has 0 heterocycles. The first-order valence-electron chi connectivity index (χ1n) is 12.1. The zero-order valence-corrected chi connectivity index (χ0v) is 23.4. The number of hydrogen-bond acceptors (Lipinski definition) is 5. The van der Waals surface area contributed by atoms with Crippen LogP contribution < -0.4 is 14.4 Å². The van der Waals surface area contributed by atoms with Crippen LogP contribution in [0.4, 0.5) is 5.69 Å². The number of nitrogens with zero attached hydrogens (tertiary/aromatic N) is 2. The van der Waals surface area contributed by atoms with Gasteiger partial charge in [-0.3, -0.25) is 13.9 Å². The highest BCUT2D eigenvalue weighted by Gasteiger charge is 2.33. The van der Waals surface area contributed by atoms with Gasteiger partial charge in [0.25, 0.3) is 10.0 Å². The Morgan fingerprint density at radius 3 is 2.34 bits per heavy atom. The van der Waals surface area contributed by atoms with Gasteiger partial charge < -0.3 is 15.0 Å². The summed E-state index contributed by atoms with van der Waals surface area (Å²) in [6.45, 7) is 5.13. The smallest absolute Gasteiger partial charge is 0.264 e. The summed E-state index contributed by atoms with van der Waals surface area (Å²) in [5, 5.41) is 2.91. The molecule has 0 aliphatic heterocycles. The summed E-state index contributed by atoms with van der Waals surface area (Å²) in [6.07, 6.45) is 0. The number of sulfonamides is 1. The molecule has 1 atom stereocenters. The van der Waals surface area contributed by atoms with Gasteiger partial charge in [0.05, 0.1) is 22.7 Å². The number of nitrogens with one attached hydrogen (secondary N) is 1. The number of aryl methyl sites for hydroxylation is 1. The molecular formula is C28H32ClN3O5S. The highest BCUT2D eigenvalue weighted by molar-refractivity contribution is 7.92. The predicted octanol–water partition coefficient (Wildman–Crippen LogP) is 4.41. The molecule has 3 rings (SSSR count). The van der Waals surface area contributed by atoms with Gasteiger partial charge in [0, 0.05) is 13.1 Å². The van der Waals surface area contributed by atoms with Crippen molar-refractivity contribution in [1.29, 1.82) is 0 Å². The van der Waals surface area contributed by atoms with Gasteiger partial charge in [0.2, 0.25) is 11.8 Å². The van der Waals surface area contributed by atoms with Gasteiger partial charge in [0.1, 0.15) is 18.3 Å². The topological polar surface area (TPSA) is 96.0 Å². The monoisotopic (exact) mass is 557 g/mol. The Balaban J connectivity index is 2.04. The van der Waals surface area contributed by atoms with Crippen molar-refractivity contribution < 1.29 is 22.7 Å². The van der Waals surface area contributed by atoms with E-state index in [1.807, 2.05) is 13.0 Å². The second-order valence-corrected chi connectivity index (χ2v) is 11.0. The van der Waals surface area contributed by atoms with E-state index in [-0.39, 0.29) is 28.1 Å². The number of ether oxygens (including phenoxy) is 1. The average molecular weight is 558 g/mol. The maximum absolute atomic E-state index is 13.8. The third-order valence-corrected chi connectivity index (χ3v) is 8.11. The number of anilines is 1. The molecule has 3 aromatic rings. The Bertz CT molecular complexity index is 1380. The molecule has 0 aromatic heterocycles. The number of para-hydroxylation sites is 1. The number of carbonyl (C=O) groups excluding carboxylic acids is 2. The number of amides is 2. The second kappa shape index (κ2) is 12.8. The van der Waals surface area contributed by atoms with Crippen molar-refractivity contribution in [3.05, 3.63) is 88.9 Å². The molecule has 0 aliphatic rings. The Hall–Kier alpha value is -3.56. The van der Waals surface area contributed by atoms with Crippen LogP contribution in [0, 0.1) is 6.92 Å². The van der Waals surface area contributed by atoms with Crippen LogP contribution in [-0.4, -0.2) is 51.4 Å². The van der Waals surface area contributed by atoms with E-state index in [1.165, 1.54) is 24.1 Å². The molecule has 10 heteroatoms. The molecule has 2 amide bonds. The van der Waals surface area contributed by atoms with Crippen molar-refractivity contribution in [1.82, 2.24) is 10.2 Å². The summed E-state index contributed by atoms with van der Waals surface area (Å²) >= 11 is 6.41. The molecule has 0 aliphatic carbocycles. The number of carbonyl (C=O) groups is 2. The molecule has 202 valence electrons. The van der Waals surface area contributed by atoms with E-state index < -0.39 is 28.5 Å². The zero-order valence-electron chi connectivity index (χ0n) is 21.8. The fourth-order valence-corrected chi connectivity index (χ4v) is 5.60. The summed E-state index contributed by atoms with van der Waals surface area (Å²) in [4.78, 5) is 28.0. The van der Waals surface area contributed by atoms with Crippen molar-refractivity contribution in [3.63, 3.8) is 0 Å². The number of methoxy groups -OCH3 is 1. The molecule has 0 spiro atoms. The van der Waals surface area contributed by atoms with Gasteiger partial charge in [0.15, 0.2) is 0 Å². The number of halogens is 1. The minimum Gasteiger partial charge on any atom is -0.497 e. The lowest BCUT2D eigenvalue weighted by atomic mass is 10.1. The number of likely N-dealkylation sites (N-methyl/N-ethyl adjacent to an activating group) is 1. The van der Waals surface area contributed by atoms with E-state index in [0.29, 0.717) is 12.3 Å². The Kier molecular flexibility index (Phi) is 9.77. The van der Waals surface area contributed by atoms with E-state index in [1.54, 1.807) is 68.4 Å². The average Bonchev–Trinajstić information content (AvgIpc) is 2.90. The first-order chi connectivity index (χ1) is 18.1. The van der Waals surface area contributed by atoms with Gasteiger partial charge in [-0.05, 0) is 62.7 Å². The summed E-state index contributed by atoms with van der Waals surface area (Å²) in [6, 6.07) is 19.0. The molecule has 1 unspecified atom stereocenters. The van der Waals surface area contributed by atoms with Gasteiger partial charge in [-0.1, -0.05) is 53.6 Å². The van der Waals surface area contributed by atoms with E-state index >= 15 is 0 Å². The molecule has 0 saturated heterocycles. The van der Waals surface area contributed by atoms with E-state index in [2.05, 4.69) is 5.32 Å². The van der Waals surface area contributed by atoms with Gasteiger partial charge in [-0.15, -0.1) is 0 Å². The predicted molar refractivity (Wildman–Crippen MR) is 149 cm³/mol. The van der Waals surface area contributed by atoms with Crippen LogP contribution in [0.15, 0.2) is 77.7 Å². The number of hydrogen-bond donors (Lipinski definition) is 1. The largest absolute Gasteiger partial charge is 0.497 e. The van der Waals surface area contributed by atoms with Crippen LogP contribution in [0.25, 0.3) is 0 Å². The van der Waals surface area contributed by atoms with Gasteiger partial charge >= 0.3 is 0 Å². The maximum atomic E-state index is 13.8. The molecule has 0 fully saturated rings. The minimum atomic E-state index is -4.18. The number of benzene rings is 3. The third kappa shape index (κ3) is 6.85. The number of rotatable bonds is 11. The van der Waals surface area contributed by atoms with Crippen LogP contribution in [0.5, 0.6) is 5.75 Å². The molecule has 38 heavy (non-hydrogen) atoms. The Morgan fingerprint density at radius 1 is 1.03 bits per heavy atom. The molecular weight excluding hydrogens is 526 g/mol. The van der Waals surface area contributed by atoms with Crippen molar-refractivity contribution >= 4 is 39.1 Å². The molecule has 3 aromatic carbocycles. The summed E-state index contributed by atoms with van der Waals surface area (Å²) in [5.74, 6) is -0.322. The van der Waals surface area contributed by atoms with E-state index in [4.69, 9.17) is 16.3 Å². The van der Waals surface area contributed by atoms with Crippen molar-refractivity contribution in [2.45, 2.75) is 38.3 Å². The summed E-state index contributed by atoms with van der Waals surface area (Å²) < 4.78 is 33.9. The van der Waals surface area contributed by atoms with Crippen molar-refractivity contribution in [3.8, 4) is 5.75 Å². The van der Waals surface area contributed by atoms with Crippen molar-refractivity contribution in [2.75, 3.05) is 24.5 Å². The standard InChI is InChI=1S/C28H32ClN3O5S/c1-5-30-28(34)21(3)31(18-22-9-8-10-23(17-22)37-4)27(33)19-32(26-12-7-6-11-25(26)29)38(35,36)24-15-13-20(2)14-16-24/h6-17,21H,5,18-19H2,1-4H3,(H,30,34). The highest BCUT2D eigenvalue weighted by atomic mass is 35.5. The quantitative estimate of drug-likeness (QED) is 0.377. The fraction of sp³-hybridized carbons (Fsp3) is 0.286. The van der Waals surface area contributed by atoms with Crippen LogP contribution >= 0.6 is 11.6 Å². The van der Waals surface area contributed by atoms with Crippen LogP contribution in [0.1, 0.15) is 25.0 Å². The zero-order chi connectivity index (χ0) is 27.9. The lowest BCUT2D eigenvalue weighted by Crippen LogP contribution is -2.51.